The summed E-state index contributed by atoms with van der Waals surface area (Å²) >= 11 is 0. The summed E-state index contributed by atoms with van der Waals surface area (Å²) in [4.78, 5) is 31.0. The number of amides is 1. The lowest BCUT2D eigenvalue weighted by Gasteiger charge is -2.16. The van der Waals surface area contributed by atoms with Gasteiger partial charge in [-0.25, -0.2) is 0 Å². The normalized spacial score (nSPS) is 11.7. The summed E-state index contributed by atoms with van der Waals surface area (Å²) in [7, 11) is 0. The predicted molar refractivity (Wildman–Crippen MR) is 79.4 cm³/mol. The van der Waals surface area contributed by atoms with Gasteiger partial charge in [-0.3, -0.25) is 14.8 Å². The number of aliphatic carboxylic acids is 1. The first-order valence-electron chi connectivity index (χ1n) is 7.24. The number of rotatable bonds is 8. The molecular weight excluding hydrogens is 296 g/mol. The van der Waals surface area contributed by atoms with E-state index >= 15 is 0 Å². The molecule has 0 bridgehead atoms. The number of quaternary nitrogens is 1. The second-order valence-electron chi connectivity index (χ2n) is 5.07. The zero-order chi connectivity index (χ0) is 16.5. The Bertz CT molecular complexity index is 634. The van der Waals surface area contributed by atoms with E-state index < -0.39 is 12.0 Å². The molecule has 1 unspecified atom stereocenters. The molecule has 1 atom stereocenters. The molecule has 2 rings (SSSR count). The van der Waals surface area contributed by atoms with E-state index in [1.165, 1.54) is 0 Å². The summed E-state index contributed by atoms with van der Waals surface area (Å²) in [6, 6.07) is 6.28. The van der Waals surface area contributed by atoms with Crippen LogP contribution in [0, 0.1) is 0 Å². The highest BCUT2D eigenvalue weighted by molar-refractivity contribution is 5.82. The second kappa shape index (κ2) is 8.60. The lowest BCUT2D eigenvalue weighted by atomic mass is 10.1. The number of nitrogens with two attached hydrogens (primary N) is 1. The van der Waals surface area contributed by atoms with Crippen molar-refractivity contribution in [2.45, 2.75) is 25.6 Å². The summed E-state index contributed by atoms with van der Waals surface area (Å²) < 4.78 is 0. The Hall–Kier alpha value is -2.80. The van der Waals surface area contributed by atoms with Crippen LogP contribution in [0.4, 0.5) is 0 Å². The number of carbonyl (C=O) groups is 2. The number of aromatic nitrogens is 2. The number of nitrogens with one attached hydrogen (secondary N) is 1. The van der Waals surface area contributed by atoms with E-state index in [4.69, 9.17) is 0 Å². The Kier molecular flexibility index (Phi) is 6.19. The average Bonchev–Trinajstić information content (AvgIpc) is 2.58. The molecule has 2 aromatic rings. The summed E-state index contributed by atoms with van der Waals surface area (Å²) in [6.45, 7) is 0.734. The minimum atomic E-state index is -1.26. The van der Waals surface area contributed by atoms with Crippen molar-refractivity contribution < 1.29 is 20.0 Å². The standard InChI is InChI=1S/C16H18N4O3/c21-15(20-11-13-4-2-6-18-9-13)7-14(16(22)23)19-10-12-3-1-5-17-8-12/h1-6,8-9,14,19H,7,10-11H2,(H,20,21)(H,22,23). The van der Waals surface area contributed by atoms with Crippen molar-refractivity contribution in [1.82, 2.24) is 15.3 Å². The number of nitrogens with zero attached hydrogens (tertiary/aromatic N) is 2. The molecule has 0 aliphatic carbocycles. The van der Waals surface area contributed by atoms with Crippen molar-refractivity contribution in [1.29, 1.82) is 0 Å². The van der Waals surface area contributed by atoms with Crippen molar-refractivity contribution in [3.63, 3.8) is 0 Å². The van der Waals surface area contributed by atoms with E-state index in [-0.39, 0.29) is 12.3 Å². The van der Waals surface area contributed by atoms with Crippen molar-refractivity contribution in [3.8, 4) is 0 Å². The van der Waals surface area contributed by atoms with Gasteiger partial charge in [0, 0.05) is 36.9 Å². The Morgan fingerprint density at radius 2 is 1.78 bits per heavy atom. The maximum Gasteiger partial charge on any atom is 0.226 e. The molecule has 0 radical (unpaired) electrons. The molecule has 0 saturated heterocycles. The van der Waals surface area contributed by atoms with Gasteiger partial charge in [0.15, 0.2) is 0 Å². The molecule has 0 aliphatic heterocycles. The number of hydrogen-bond acceptors (Lipinski definition) is 5. The third-order valence-electron chi connectivity index (χ3n) is 3.28. The zero-order valence-electron chi connectivity index (χ0n) is 12.5. The zero-order valence-corrected chi connectivity index (χ0v) is 12.5. The molecule has 2 heterocycles. The Balaban J connectivity index is 1.81. The summed E-state index contributed by atoms with van der Waals surface area (Å²) in [5, 5.41) is 15.4. The van der Waals surface area contributed by atoms with E-state index in [1.54, 1.807) is 42.2 Å². The molecule has 2 aromatic heterocycles. The molecule has 7 heteroatoms. The topological polar surface area (TPSA) is 112 Å². The van der Waals surface area contributed by atoms with E-state index in [1.807, 2.05) is 12.1 Å². The fraction of sp³-hybridized carbons (Fsp3) is 0.250. The minimum absolute atomic E-state index is 0.150. The lowest BCUT2D eigenvalue weighted by molar-refractivity contribution is -0.697. The number of carboxylic acid groups (broad SMARTS) is 1. The molecule has 120 valence electrons. The first-order valence-corrected chi connectivity index (χ1v) is 7.24. The molecule has 0 fully saturated rings. The van der Waals surface area contributed by atoms with Gasteiger partial charge in [0.2, 0.25) is 5.91 Å². The van der Waals surface area contributed by atoms with Gasteiger partial charge in [0.05, 0.1) is 12.4 Å². The van der Waals surface area contributed by atoms with Gasteiger partial charge in [0.1, 0.15) is 12.6 Å². The van der Waals surface area contributed by atoms with Crippen LogP contribution in [0.15, 0.2) is 49.1 Å². The van der Waals surface area contributed by atoms with Crippen LogP contribution in [-0.2, 0) is 22.7 Å². The lowest BCUT2D eigenvalue weighted by Crippen LogP contribution is -2.92. The largest absolute Gasteiger partial charge is 0.544 e. The van der Waals surface area contributed by atoms with Crippen molar-refractivity contribution in [2.75, 3.05) is 0 Å². The maximum atomic E-state index is 11.9. The fourth-order valence-corrected chi connectivity index (χ4v) is 2.04. The van der Waals surface area contributed by atoms with Crippen LogP contribution in [0.2, 0.25) is 0 Å². The average molecular weight is 314 g/mol. The Morgan fingerprint density at radius 3 is 2.35 bits per heavy atom. The SMILES string of the molecule is O=C(CC([NH2+]Cc1cccnc1)C(=O)[O-])NCc1cccnc1. The summed E-state index contributed by atoms with van der Waals surface area (Å²) in [6.07, 6.45) is 6.44. The van der Waals surface area contributed by atoms with Gasteiger partial charge in [-0.15, -0.1) is 0 Å². The monoisotopic (exact) mass is 314 g/mol. The van der Waals surface area contributed by atoms with Crippen molar-refractivity contribution in [3.05, 3.63) is 60.2 Å². The van der Waals surface area contributed by atoms with Gasteiger partial charge < -0.3 is 20.5 Å². The molecule has 0 saturated carbocycles. The number of carbonyl (C=O) groups excluding carboxylic acids is 2. The van der Waals surface area contributed by atoms with Gasteiger partial charge in [-0.05, 0) is 17.7 Å². The molecule has 3 N–H and O–H groups in total. The number of hydrogen-bond donors (Lipinski definition) is 2. The highest BCUT2D eigenvalue weighted by Gasteiger charge is 2.18. The molecule has 1 amide bonds. The van der Waals surface area contributed by atoms with Crippen LogP contribution in [0.3, 0.4) is 0 Å². The van der Waals surface area contributed by atoms with Crippen LogP contribution < -0.4 is 15.7 Å². The molecule has 7 nitrogen and oxygen atoms in total. The molecule has 23 heavy (non-hydrogen) atoms. The smallest absolute Gasteiger partial charge is 0.226 e. The number of carboxylic acids is 1. The maximum absolute atomic E-state index is 11.9. The fourth-order valence-electron chi connectivity index (χ4n) is 2.04. The molecule has 0 spiro atoms. The first kappa shape index (κ1) is 16.6. The number of pyridine rings is 2. The van der Waals surface area contributed by atoms with E-state index in [2.05, 4.69) is 15.3 Å². The second-order valence-corrected chi connectivity index (χ2v) is 5.07. The van der Waals surface area contributed by atoms with Gasteiger partial charge >= 0.3 is 0 Å². The minimum Gasteiger partial charge on any atom is -0.544 e. The summed E-state index contributed by atoms with van der Waals surface area (Å²) in [5.41, 5.74) is 1.74. The van der Waals surface area contributed by atoms with Crippen LogP contribution in [0.25, 0.3) is 0 Å². The van der Waals surface area contributed by atoms with Crippen LogP contribution in [0.5, 0.6) is 0 Å². The van der Waals surface area contributed by atoms with Gasteiger partial charge in [0.25, 0.3) is 0 Å². The predicted octanol–water partition coefficient (Wildman–Crippen LogP) is -1.63. The molecular formula is C16H18N4O3. The molecule has 0 aliphatic rings. The summed E-state index contributed by atoms with van der Waals surface area (Å²) in [5.74, 6) is -1.60. The van der Waals surface area contributed by atoms with E-state index in [0.29, 0.717) is 13.1 Å². The van der Waals surface area contributed by atoms with Crippen molar-refractivity contribution in [2.24, 2.45) is 0 Å². The van der Waals surface area contributed by atoms with Gasteiger partial charge in [-0.1, -0.05) is 12.1 Å². The van der Waals surface area contributed by atoms with Crippen LogP contribution in [0.1, 0.15) is 17.5 Å². The third-order valence-corrected chi connectivity index (χ3v) is 3.28. The van der Waals surface area contributed by atoms with Crippen molar-refractivity contribution >= 4 is 11.9 Å². The van der Waals surface area contributed by atoms with Crippen LogP contribution >= 0.6 is 0 Å². The van der Waals surface area contributed by atoms with E-state index in [0.717, 1.165) is 11.1 Å². The Labute approximate surface area is 133 Å². The quantitative estimate of drug-likeness (QED) is 0.607. The van der Waals surface area contributed by atoms with E-state index in [9.17, 15) is 14.7 Å². The highest BCUT2D eigenvalue weighted by Crippen LogP contribution is 1.96. The van der Waals surface area contributed by atoms with Crippen LogP contribution in [-0.4, -0.2) is 27.9 Å². The Morgan fingerprint density at radius 1 is 1.13 bits per heavy atom. The molecule has 0 aromatic carbocycles. The van der Waals surface area contributed by atoms with Gasteiger partial charge in [-0.2, -0.15) is 0 Å². The highest BCUT2D eigenvalue weighted by atomic mass is 16.4. The first-order chi connectivity index (χ1) is 11.1. The third kappa shape index (κ3) is 5.84.